The summed E-state index contributed by atoms with van der Waals surface area (Å²) in [5, 5.41) is 14.8. The fourth-order valence-corrected chi connectivity index (χ4v) is 8.91. The number of amides is 3. The number of halogens is 2. The molecule has 0 spiro atoms. The second-order valence-corrected chi connectivity index (χ2v) is 17.0. The number of hydrogen-bond acceptors (Lipinski definition) is 12. The van der Waals surface area contributed by atoms with Crippen LogP contribution in [0, 0.1) is 11.2 Å². The highest BCUT2D eigenvalue weighted by Crippen LogP contribution is 2.42. The van der Waals surface area contributed by atoms with Crippen LogP contribution in [0.1, 0.15) is 61.8 Å². The summed E-state index contributed by atoms with van der Waals surface area (Å²) in [6, 6.07) is 16.1. The van der Waals surface area contributed by atoms with Crippen molar-refractivity contribution in [2.75, 3.05) is 56.8 Å². The van der Waals surface area contributed by atoms with Gasteiger partial charge in [0.15, 0.2) is 16.7 Å². The topological polar surface area (TPSA) is 165 Å². The molecule has 2 aromatic heterocycles. The number of fused-ring (bicyclic) bond motifs is 1. The van der Waals surface area contributed by atoms with Crippen LogP contribution < -0.4 is 26.0 Å². The van der Waals surface area contributed by atoms with Gasteiger partial charge >= 0.3 is 0 Å². The Kier molecular flexibility index (Phi) is 15.8. The Morgan fingerprint density at radius 1 is 0.968 bits per heavy atom. The van der Waals surface area contributed by atoms with Gasteiger partial charge in [0, 0.05) is 71.4 Å². The molecule has 2 aromatic carbocycles. The van der Waals surface area contributed by atoms with Gasteiger partial charge in [-0.3, -0.25) is 14.4 Å². The quantitative estimate of drug-likeness (QED) is 0.0616. The van der Waals surface area contributed by atoms with Gasteiger partial charge < -0.3 is 45.1 Å². The molecule has 2 aliphatic heterocycles. The summed E-state index contributed by atoms with van der Waals surface area (Å²) in [7, 11) is 0. The van der Waals surface area contributed by atoms with Crippen LogP contribution in [-0.4, -0.2) is 90.9 Å². The summed E-state index contributed by atoms with van der Waals surface area (Å²) in [6.45, 7) is 11.1. The van der Waals surface area contributed by atoms with Crippen molar-refractivity contribution in [3.63, 3.8) is 0 Å². The first-order chi connectivity index (χ1) is 30.6. The lowest BCUT2D eigenvalue weighted by Gasteiger charge is -2.39. The molecular weight excluding hydrogens is 849 g/mol. The molecule has 1 aliphatic carbocycles. The van der Waals surface area contributed by atoms with Crippen molar-refractivity contribution in [1.82, 2.24) is 25.5 Å². The van der Waals surface area contributed by atoms with Crippen molar-refractivity contribution in [2.24, 2.45) is 5.41 Å². The average Bonchev–Trinajstić information content (AvgIpc) is 3.91. The number of hydrogen-bond donors (Lipinski definition) is 4. The van der Waals surface area contributed by atoms with Crippen LogP contribution >= 0.6 is 22.9 Å². The molecule has 4 N–H and O–H groups in total. The van der Waals surface area contributed by atoms with Crippen molar-refractivity contribution in [2.45, 2.75) is 70.1 Å². The van der Waals surface area contributed by atoms with E-state index in [9.17, 15) is 18.8 Å². The van der Waals surface area contributed by atoms with Gasteiger partial charge in [-0.1, -0.05) is 49.0 Å². The number of nitrogens with one attached hydrogen (secondary N) is 4. The van der Waals surface area contributed by atoms with Crippen molar-refractivity contribution in [3.05, 3.63) is 113 Å². The van der Waals surface area contributed by atoms with E-state index >= 15 is 0 Å². The standard InChI is InChI=1S/C46H53ClFN7O7S/c1-30-38(12-13-41(56)51-30)55-29-35-34(31(55)2)7-4-9-37(35)53-42(57)16-21-59-23-25-61-26-24-60-22-19-49-44(58)46(28-32-6-3-11-40(52-32)54-45-50-20-27-63-45)17-14-33(15-18-46)62-39-10-5-8-36(47)43(39)48/h3-11,20,27,33,38H,1-2,12-19,21-26,28-29H2,(H,49,58)(H,51,56)(H,53,57)(H,50,52,54). The predicted molar refractivity (Wildman–Crippen MR) is 240 cm³/mol. The molecule has 3 aliphatic rings. The molecule has 0 bridgehead atoms. The highest BCUT2D eigenvalue weighted by molar-refractivity contribution is 7.13. The van der Waals surface area contributed by atoms with Gasteiger partial charge in [0.1, 0.15) is 5.82 Å². The Morgan fingerprint density at radius 2 is 1.71 bits per heavy atom. The van der Waals surface area contributed by atoms with Crippen LogP contribution in [0.5, 0.6) is 5.75 Å². The molecule has 14 nitrogen and oxygen atoms in total. The number of pyridine rings is 1. The summed E-state index contributed by atoms with van der Waals surface area (Å²) in [4.78, 5) is 49.8. The molecule has 1 atom stereocenters. The minimum absolute atomic E-state index is 0.00116. The zero-order valence-corrected chi connectivity index (χ0v) is 36.7. The third-order valence-corrected chi connectivity index (χ3v) is 12.5. The molecule has 7 rings (SSSR count). The maximum atomic E-state index is 14.6. The number of rotatable bonds is 21. The number of aromatic nitrogens is 2. The second kappa shape index (κ2) is 21.8. The van der Waals surface area contributed by atoms with E-state index < -0.39 is 11.2 Å². The Bertz CT molecular complexity index is 2260. The zero-order chi connectivity index (χ0) is 44.2. The van der Waals surface area contributed by atoms with Crippen molar-refractivity contribution in [1.29, 1.82) is 0 Å². The summed E-state index contributed by atoms with van der Waals surface area (Å²) in [5.41, 5.74) is 4.21. The lowest BCUT2D eigenvalue weighted by molar-refractivity contribution is -0.134. The number of benzene rings is 2. The minimum Gasteiger partial charge on any atom is -0.487 e. The van der Waals surface area contributed by atoms with E-state index in [2.05, 4.69) is 44.3 Å². The molecule has 1 saturated carbocycles. The smallest absolute Gasteiger partial charge is 0.226 e. The van der Waals surface area contributed by atoms with Crippen molar-refractivity contribution >= 4 is 63.0 Å². The zero-order valence-electron chi connectivity index (χ0n) is 35.1. The summed E-state index contributed by atoms with van der Waals surface area (Å²) in [6.07, 6.45) is 5.27. The molecule has 2 fully saturated rings. The van der Waals surface area contributed by atoms with E-state index in [4.69, 9.17) is 35.5 Å². The van der Waals surface area contributed by atoms with Gasteiger partial charge in [0.05, 0.1) is 68.6 Å². The Labute approximate surface area is 375 Å². The second-order valence-electron chi connectivity index (χ2n) is 15.7. The van der Waals surface area contributed by atoms with Crippen LogP contribution in [0.25, 0.3) is 5.70 Å². The normalized spacial score (nSPS) is 19.7. The Hall–Kier alpha value is -5.39. The maximum absolute atomic E-state index is 14.6. The third kappa shape index (κ3) is 12.0. The SMILES string of the molecule is C=C1NC(=O)CCC1N1Cc2c(NC(=O)CCOCCOCCOCCNC(=O)C3(Cc4cccc(Nc5nccs5)n4)CCC(Oc4cccc(Cl)c4F)CC3)cccc2C1=C. The van der Waals surface area contributed by atoms with Crippen molar-refractivity contribution < 1.29 is 37.7 Å². The number of ether oxygens (including phenoxy) is 4. The molecule has 334 valence electrons. The first kappa shape index (κ1) is 45.6. The van der Waals surface area contributed by atoms with Crippen LogP contribution in [0.3, 0.4) is 0 Å². The van der Waals surface area contributed by atoms with Gasteiger partial charge in [-0.15, -0.1) is 11.3 Å². The van der Waals surface area contributed by atoms with E-state index in [-0.39, 0.29) is 53.7 Å². The largest absolute Gasteiger partial charge is 0.487 e. The average molecular weight is 902 g/mol. The number of nitrogens with zero attached hydrogens (tertiary/aromatic N) is 3. The van der Waals surface area contributed by atoms with Gasteiger partial charge in [0.25, 0.3) is 0 Å². The molecule has 1 saturated heterocycles. The minimum atomic E-state index is -0.755. The summed E-state index contributed by atoms with van der Waals surface area (Å²) < 4.78 is 37.7. The highest BCUT2D eigenvalue weighted by atomic mass is 35.5. The lowest BCUT2D eigenvalue weighted by atomic mass is 9.69. The Balaban J connectivity index is 0.789. The molecule has 4 heterocycles. The molecule has 1 unspecified atom stereocenters. The summed E-state index contributed by atoms with van der Waals surface area (Å²) >= 11 is 7.45. The molecule has 4 aromatic rings. The molecule has 17 heteroatoms. The maximum Gasteiger partial charge on any atom is 0.226 e. The van der Waals surface area contributed by atoms with Gasteiger partial charge in [-0.25, -0.2) is 14.4 Å². The van der Waals surface area contributed by atoms with E-state index in [0.29, 0.717) is 103 Å². The van der Waals surface area contributed by atoms with Crippen LogP contribution in [0.4, 0.5) is 21.0 Å². The van der Waals surface area contributed by atoms with Crippen LogP contribution in [0.2, 0.25) is 5.02 Å². The van der Waals surface area contributed by atoms with Crippen LogP contribution in [-0.2, 0) is 41.6 Å². The number of carbonyl (C=O) groups is 3. The molecule has 63 heavy (non-hydrogen) atoms. The van der Waals surface area contributed by atoms with E-state index in [1.165, 1.54) is 17.4 Å². The van der Waals surface area contributed by atoms with E-state index in [1.54, 1.807) is 18.3 Å². The number of anilines is 3. The first-order valence-electron chi connectivity index (χ1n) is 21.2. The summed E-state index contributed by atoms with van der Waals surface area (Å²) in [5.74, 6) is -0.119. The lowest BCUT2D eigenvalue weighted by Crippen LogP contribution is -2.47. The first-order valence-corrected chi connectivity index (χ1v) is 22.5. The van der Waals surface area contributed by atoms with Gasteiger partial charge in [-0.2, -0.15) is 0 Å². The highest BCUT2D eigenvalue weighted by Gasteiger charge is 2.43. The van der Waals surface area contributed by atoms with E-state index in [0.717, 1.165) is 33.3 Å². The third-order valence-electron chi connectivity index (χ3n) is 11.5. The number of carbonyl (C=O) groups excluding carboxylic acids is 3. The molecular formula is C46H53ClFN7O7S. The van der Waals surface area contributed by atoms with Gasteiger partial charge in [-0.05, 0) is 62.4 Å². The Morgan fingerprint density at radius 3 is 2.48 bits per heavy atom. The fourth-order valence-electron chi connectivity index (χ4n) is 8.21. The fraction of sp³-hybridized carbons (Fsp3) is 0.413. The molecule has 0 radical (unpaired) electrons. The van der Waals surface area contributed by atoms with Crippen LogP contribution in [0.15, 0.2) is 85.0 Å². The van der Waals surface area contributed by atoms with Crippen molar-refractivity contribution in [3.8, 4) is 5.75 Å². The predicted octanol–water partition coefficient (Wildman–Crippen LogP) is 7.40. The number of thiazole rings is 1. The van der Waals surface area contributed by atoms with Gasteiger partial charge in [0.2, 0.25) is 17.7 Å². The number of piperidine rings is 1. The monoisotopic (exact) mass is 901 g/mol. The molecule has 3 amide bonds. The van der Waals surface area contributed by atoms with E-state index in [1.807, 2.05) is 41.8 Å².